The lowest BCUT2D eigenvalue weighted by atomic mass is 10.1. The second-order valence-corrected chi connectivity index (χ2v) is 4.83. The summed E-state index contributed by atoms with van der Waals surface area (Å²) < 4.78 is 36.2. The minimum absolute atomic E-state index is 0.130. The van der Waals surface area contributed by atoms with Gasteiger partial charge in [-0.3, -0.25) is 0 Å². The van der Waals surface area contributed by atoms with Gasteiger partial charge in [0, 0.05) is 25.1 Å². The molecule has 0 unspecified atom stereocenters. The van der Waals surface area contributed by atoms with Gasteiger partial charge >= 0.3 is 6.18 Å². The number of anilines is 2. The summed E-state index contributed by atoms with van der Waals surface area (Å²) in [4.78, 5) is 8.42. The number of rotatable bonds is 9. The molecule has 0 fully saturated rings. The van der Waals surface area contributed by atoms with Crippen molar-refractivity contribution in [3.05, 3.63) is 11.9 Å². The first-order chi connectivity index (χ1) is 9.98. The number of nitrogens with one attached hydrogen (secondary N) is 2. The molecule has 0 aliphatic carbocycles. The van der Waals surface area contributed by atoms with Gasteiger partial charge in [0.25, 0.3) is 0 Å². The van der Waals surface area contributed by atoms with Gasteiger partial charge in [0.15, 0.2) is 0 Å². The van der Waals surface area contributed by atoms with Crippen LogP contribution in [0.4, 0.5) is 24.8 Å². The van der Waals surface area contributed by atoms with E-state index in [0.29, 0.717) is 13.0 Å². The lowest BCUT2D eigenvalue weighted by Gasteiger charge is -2.14. The summed E-state index contributed by atoms with van der Waals surface area (Å²) in [7, 11) is 0. The Hall–Kier alpha value is -1.53. The minimum atomic E-state index is -4.07. The van der Waals surface area contributed by atoms with Crippen molar-refractivity contribution in [1.29, 1.82) is 0 Å². The van der Waals surface area contributed by atoms with Crippen LogP contribution in [0.5, 0.6) is 0 Å². The zero-order valence-electron chi connectivity index (χ0n) is 12.6. The minimum Gasteiger partial charge on any atom is -0.370 e. The average Bonchev–Trinajstić information content (AvgIpc) is 2.40. The SMILES string of the molecule is CCCc1c(NCC)ncnc1NCCCCC(F)(F)F. The smallest absolute Gasteiger partial charge is 0.370 e. The third-order valence-corrected chi connectivity index (χ3v) is 2.97. The molecule has 0 saturated carbocycles. The van der Waals surface area contributed by atoms with Gasteiger partial charge in [-0.25, -0.2) is 9.97 Å². The van der Waals surface area contributed by atoms with Crippen molar-refractivity contribution in [2.75, 3.05) is 23.7 Å². The van der Waals surface area contributed by atoms with Gasteiger partial charge in [0.2, 0.25) is 0 Å². The van der Waals surface area contributed by atoms with E-state index in [1.165, 1.54) is 6.33 Å². The van der Waals surface area contributed by atoms with E-state index < -0.39 is 12.6 Å². The van der Waals surface area contributed by atoms with E-state index >= 15 is 0 Å². The molecule has 2 N–H and O–H groups in total. The van der Waals surface area contributed by atoms with E-state index in [1.54, 1.807) is 0 Å². The lowest BCUT2D eigenvalue weighted by Crippen LogP contribution is -2.12. The van der Waals surface area contributed by atoms with Crippen LogP contribution in [0.15, 0.2) is 6.33 Å². The number of alkyl halides is 3. The van der Waals surface area contributed by atoms with Gasteiger partial charge in [-0.2, -0.15) is 13.2 Å². The molecular formula is C14H23F3N4. The molecule has 1 aromatic heterocycles. The first-order valence-electron chi connectivity index (χ1n) is 7.36. The van der Waals surface area contributed by atoms with Crippen molar-refractivity contribution in [1.82, 2.24) is 9.97 Å². The van der Waals surface area contributed by atoms with Gasteiger partial charge in [-0.15, -0.1) is 0 Å². The van der Waals surface area contributed by atoms with E-state index in [0.717, 1.165) is 36.6 Å². The Morgan fingerprint density at radius 3 is 2.29 bits per heavy atom. The van der Waals surface area contributed by atoms with Gasteiger partial charge in [-0.1, -0.05) is 13.3 Å². The molecule has 0 aliphatic heterocycles. The molecule has 120 valence electrons. The van der Waals surface area contributed by atoms with Crippen LogP contribution >= 0.6 is 0 Å². The van der Waals surface area contributed by atoms with Crippen LogP contribution in [0, 0.1) is 0 Å². The molecule has 0 aliphatic rings. The lowest BCUT2D eigenvalue weighted by molar-refractivity contribution is -0.135. The molecule has 1 rings (SSSR count). The van der Waals surface area contributed by atoms with Gasteiger partial charge < -0.3 is 10.6 Å². The third-order valence-electron chi connectivity index (χ3n) is 2.97. The van der Waals surface area contributed by atoms with Crippen molar-refractivity contribution in [3.8, 4) is 0 Å². The normalized spacial score (nSPS) is 11.5. The van der Waals surface area contributed by atoms with Crippen LogP contribution in [0.2, 0.25) is 0 Å². The maximum Gasteiger partial charge on any atom is 0.389 e. The number of unbranched alkanes of at least 4 members (excludes halogenated alkanes) is 1. The third kappa shape index (κ3) is 6.64. The summed E-state index contributed by atoms with van der Waals surface area (Å²) in [5.41, 5.74) is 0.998. The Labute approximate surface area is 123 Å². The first-order valence-corrected chi connectivity index (χ1v) is 7.36. The summed E-state index contributed by atoms with van der Waals surface area (Å²) in [6.45, 7) is 5.30. The maximum atomic E-state index is 12.1. The highest BCUT2D eigenvalue weighted by atomic mass is 19.4. The number of nitrogens with zero attached hydrogens (tertiary/aromatic N) is 2. The van der Waals surface area contributed by atoms with Crippen molar-refractivity contribution < 1.29 is 13.2 Å². The summed E-state index contributed by atoms with van der Waals surface area (Å²) in [5.74, 6) is 1.52. The van der Waals surface area contributed by atoms with Crippen molar-refractivity contribution >= 4 is 11.6 Å². The highest BCUT2D eigenvalue weighted by Crippen LogP contribution is 2.23. The maximum absolute atomic E-state index is 12.1. The molecule has 0 atom stereocenters. The molecule has 0 spiro atoms. The number of hydrogen-bond donors (Lipinski definition) is 2. The van der Waals surface area contributed by atoms with Crippen LogP contribution in [0.25, 0.3) is 0 Å². The molecule has 21 heavy (non-hydrogen) atoms. The molecule has 1 heterocycles. The Balaban J connectivity index is 2.55. The fourth-order valence-corrected chi connectivity index (χ4v) is 2.03. The van der Waals surface area contributed by atoms with E-state index in [2.05, 4.69) is 27.5 Å². The highest BCUT2D eigenvalue weighted by molar-refractivity contribution is 5.57. The zero-order valence-corrected chi connectivity index (χ0v) is 12.6. The van der Waals surface area contributed by atoms with Crippen LogP contribution in [-0.2, 0) is 6.42 Å². The monoisotopic (exact) mass is 304 g/mol. The Morgan fingerprint density at radius 1 is 1.05 bits per heavy atom. The summed E-state index contributed by atoms with van der Waals surface area (Å²) in [6, 6.07) is 0. The molecule has 7 heteroatoms. The van der Waals surface area contributed by atoms with Gasteiger partial charge in [-0.05, 0) is 26.2 Å². The average molecular weight is 304 g/mol. The van der Waals surface area contributed by atoms with Crippen molar-refractivity contribution in [2.24, 2.45) is 0 Å². The molecule has 0 amide bonds. The van der Waals surface area contributed by atoms with Crippen LogP contribution < -0.4 is 10.6 Å². The molecular weight excluding hydrogens is 281 g/mol. The molecule has 0 radical (unpaired) electrons. The summed E-state index contributed by atoms with van der Waals surface area (Å²) >= 11 is 0. The fourth-order valence-electron chi connectivity index (χ4n) is 2.03. The quantitative estimate of drug-likeness (QED) is 0.677. The largest absolute Gasteiger partial charge is 0.389 e. The second kappa shape index (κ2) is 8.69. The molecule has 4 nitrogen and oxygen atoms in total. The summed E-state index contributed by atoms with van der Waals surface area (Å²) in [6.07, 6.45) is -0.961. The van der Waals surface area contributed by atoms with Gasteiger partial charge in [0.1, 0.15) is 18.0 Å². The number of hydrogen-bond acceptors (Lipinski definition) is 4. The predicted octanol–water partition coefficient (Wildman–Crippen LogP) is 4.01. The second-order valence-electron chi connectivity index (χ2n) is 4.83. The fraction of sp³-hybridized carbons (Fsp3) is 0.714. The van der Waals surface area contributed by atoms with Gasteiger partial charge in [0.05, 0.1) is 0 Å². The molecule has 0 bridgehead atoms. The number of aromatic nitrogens is 2. The van der Waals surface area contributed by atoms with Crippen molar-refractivity contribution in [2.45, 2.75) is 52.1 Å². The van der Waals surface area contributed by atoms with E-state index in [9.17, 15) is 13.2 Å². The number of halogens is 3. The van der Waals surface area contributed by atoms with E-state index in [-0.39, 0.29) is 6.42 Å². The zero-order chi connectivity index (χ0) is 15.7. The standard InChI is InChI=1S/C14H23F3N4/c1-3-7-11-12(18-4-2)20-10-21-13(11)19-9-6-5-8-14(15,16)17/h10H,3-9H2,1-2H3,(H2,18,19,20,21). The van der Waals surface area contributed by atoms with Crippen LogP contribution in [-0.4, -0.2) is 29.2 Å². The predicted molar refractivity (Wildman–Crippen MR) is 78.6 cm³/mol. The molecule has 0 aromatic carbocycles. The topological polar surface area (TPSA) is 49.8 Å². The highest BCUT2D eigenvalue weighted by Gasteiger charge is 2.25. The Bertz CT molecular complexity index is 421. The van der Waals surface area contributed by atoms with Crippen molar-refractivity contribution in [3.63, 3.8) is 0 Å². The molecule has 0 saturated heterocycles. The van der Waals surface area contributed by atoms with E-state index in [1.807, 2.05) is 6.92 Å². The Morgan fingerprint density at radius 2 is 1.71 bits per heavy atom. The first kappa shape index (κ1) is 17.5. The van der Waals surface area contributed by atoms with Crippen LogP contribution in [0.3, 0.4) is 0 Å². The molecule has 1 aromatic rings. The van der Waals surface area contributed by atoms with Crippen LogP contribution in [0.1, 0.15) is 45.1 Å². The summed E-state index contributed by atoms with van der Waals surface area (Å²) in [5, 5.41) is 6.31. The Kier molecular flexibility index (Phi) is 7.25. The van der Waals surface area contributed by atoms with E-state index in [4.69, 9.17) is 0 Å².